The van der Waals surface area contributed by atoms with Gasteiger partial charge in [-0.25, -0.2) is 0 Å². The van der Waals surface area contributed by atoms with Gasteiger partial charge >= 0.3 is 0 Å². The Morgan fingerprint density at radius 1 is 1.25 bits per heavy atom. The van der Waals surface area contributed by atoms with E-state index in [9.17, 15) is 4.79 Å². The van der Waals surface area contributed by atoms with E-state index in [-0.39, 0.29) is 24.0 Å². The van der Waals surface area contributed by atoms with Crippen molar-refractivity contribution in [3.05, 3.63) is 29.8 Å². The van der Waals surface area contributed by atoms with Crippen LogP contribution in [-0.2, 0) is 11.2 Å². The van der Waals surface area contributed by atoms with Crippen LogP contribution in [0, 0.1) is 0 Å². The average Bonchev–Trinajstić information content (AvgIpc) is 3.17. The molecule has 0 saturated carbocycles. The van der Waals surface area contributed by atoms with E-state index in [0.29, 0.717) is 5.91 Å². The second-order valence-corrected chi connectivity index (χ2v) is 6.10. The highest BCUT2D eigenvalue weighted by Crippen LogP contribution is 2.27. The summed E-state index contributed by atoms with van der Waals surface area (Å²) in [5.41, 5.74) is 2.66. The molecule has 0 radical (unpaired) electrons. The number of amides is 1. The number of aliphatic imine (C=N–C) groups is 1. The highest BCUT2D eigenvalue weighted by molar-refractivity contribution is 14.0. The zero-order valence-electron chi connectivity index (χ0n) is 14.3. The van der Waals surface area contributed by atoms with E-state index < -0.39 is 0 Å². The molecule has 6 heteroatoms. The maximum atomic E-state index is 11.6. The summed E-state index contributed by atoms with van der Waals surface area (Å²) in [7, 11) is 0. The van der Waals surface area contributed by atoms with E-state index in [4.69, 9.17) is 4.99 Å². The molecule has 5 nitrogen and oxygen atoms in total. The van der Waals surface area contributed by atoms with Gasteiger partial charge in [0.25, 0.3) is 0 Å². The summed E-state index contributed by atoms with van der Waals surface area (Å²) in [6.07, 6.45) is 3.73. The Labute approximate surface area is 161 Å². The Morgan fingerprint density at radius 2 is 2.08 bits per heavy atom. The van der Waals surface area contributed by atoms with Crippen molar-refractivity contribution < 1.29 is 4.79 Å². The molecule has 132 valence electrons. The molecule has 0 spiro atoms. The Morgan fingerprint density at radius 3 is 2.83 bits per heavy atom. The molecule has 2 aliphatic heterocycles. The molecule has 1 N–H and O–H groups in total. The first-order valence-electron chi connectivity index (χ1n) is 8.71. The Balaban J connectivity index is 0.00000208. The molecular formula is C18H27IN4O. The summed E-state index contributed by atoms with van der Waals surface area (Å²) >= 11 is 0. The predicted molar refractivity (Wildman–Crippen MR) is 109 cm³/mol. The Hall–Kier alpha value is -1.31. The number of nitrogens with zero attached hydrogens (tertiary/aromatic N) is 3. The smallest absolute Gasteiger partial charge is 0.222 e. The molecule has 1 amide bonds. The highest BCUT2D eigenvalue weighted by Gasteiger charge is 2.22. The van der Waals surface area contributed by atoms with Gasteiger partial charge < -0.3 is 15.1 Å². The van der Waals surface area contributed by atoms with Crippen LogP contribution in [0.3, 0.4) is 0 Å². The number of benzene rings is 1. The summed E-state index contributed by atoms with van der Waals surface area (Å²) in [5, 5.41) is 3.40. The molecule has 0 unspecified atom stereocenters. The average molecular weight is 442 g/mol. The van der Waals surface area contributed by atoms with Crippen LogP contribution < -0.4 is 10.2 Å². The van der Waals surface area contributed by atoms with Crippen molar-refractivity contribution in [3.8, 4) is 0 Å². The number of rotatable bonds is 5. The zero-order valence-corrected chi connectivity index (χ0v) is 16.7. The van der Waals surface area contributed by atoms with Crippen molar-refractivity contribution >= 4 is 41.5 Å². The number of fused-ring (bicyclic) bond motifs is 1. The summed E-state index contributed by atoms with van der Waals surface area (Å²) in [6.45, 7) is 6.45. The van der Waals surface area contributed by atoms with Crippen molar-refractivity contribution in [2.75, 3.05) is 37.6 Å². The van der Waals surface area contributed by atoms with E-state index in [1.165, 1.54) is 11.3 Å². The van der Waals surface area contributed by atoms with Gasteiger partial charge in [0.1, 0.15) is 0 Å². The maximum absolute atomic E-state index is 11.6. The molecule has 2 aliphatic rings. The van der Waals surface area contributed by atoms with Crippen molar-refractivity contribution in [2.24, 2.45) is 4.99 Å². The molecule has 1 saturated heterocycles. The van der Waals surface area contributed by atoms with Crippen molar-refractivity contribution in [2.45, 2.75) is 32.6 Å². The number of carbonyl (C=O) groups excluding carboxylic acids is 1. The summed E-state index contributed by atoms with van der Waals surface area (Å²) in [4.78, 5) is 20.6. The summed E-state index contributed by atoms with van der Waals surface area (Å²) in [5.74, 6) is 1.26. The molecule has 0 atom stereocenters. The lowest BCUT2D eigenvalue weighted by molar-refractivity contribution is -0.127. The minimum atomic E-state index is 0. The van der Waals surface area contributed by atoms with Gasteiger partial charge in [0.05, 0.1) is 0 Å². The van der Waals surface area contributed by atoms with Gasteiger partial charge in [-0.3, -0.25) is 9.79 Å². The number of guanidine groups is 1. The predicted octanol–water partition coefficient (Wildman–Crippen LogP) is 2.65. The fraction of sp³-hybridized carbons (Fsp3) is 0.556. The van der Waals surface area contributed by atoms with Crippen LogP contribution >= 0.6 is 24.0 Å². The van der Waals surface area contributed by atoms with E-state index in [1.54, 1.807) is 0 Å². The topological polar surface area (TPSA) is 47.9 Å². The highest BCUT2D eigenvalue weighted by atomic mass is 127. The van der Waals surface area contributed by atoms with Gasteiger partial charge in [0.15, 0.2) is 5.96 Å². The largest absolute Gasteiger partial charge is 0.356 e. The fourth-order valence-electron chi connectivity index (χ4n) is 3.34. The van der Waals surface area contributed by atoms with Crippen LogP contribution in [0.1, 0.15) is 31.7 Å². The van der Waals surface area contributed by atoms with Crippen molar-refractivity contribution in [3.63, 3.8) is 0 Å². The number of halogens is 1. The van der Waals surface area contributed by atoms with E-state index in [0.717, 1.165) is 64.4 Å². The van der Waals surface area contributed by atoms with E-state index in [1.807, 2.05) is 4.90 Å². The van der Waals surface area contributed by atoms with Crippen LogP contribution in [0.5, 0.6) is 0 Å². The molecule has 1 aromatic rings. The monoisotopic (exact) mass is 442 g/mol. The van der Waals surface area contributed by atoms with Gasteiger partial charge in [-0.2, -0.15) is 0 Å². The van der Waals surface area contributed by atoms with Crippen LogP contribution in [0.4, 0.5) is 5.69 Å². The van der Waals surface area contributed by atoms with Gasteiger partial charge in [0, 0.05) is 44.8 Å². The third-order valence-electron chi connectivity index (χ3n) is 4.50. The standard InChI is InChI=1S/C18H26N4O.HI/c1-2-19-18(20-11-6-13-21-12-5-9-17(21)23)22-14-10-15-7-3-4-8-16(15)22;/h3-4,7-8H,2,5-6,9-14H2,1H3,(H,19,20);1H. The zero-order chi connectivity index (χ0) is 16.1. The molecule has 2 heterocycles. The second-order valence-electron chi connectivity index (χ2n) is 6.10. The van der Waals surface area contributed by atoms with Gasteiger partial charge in [-0.05, 0) is 37.8 Å². The number of hydrogen-bond acceptors (Lipinski definition) is 2. The molecule has 0 bridgehead atoms. The molecule has 0 aliphatic carbocycles. The Bertz CT molecular complexity index is 590. The number of para-hydroxylation sites is 1. The van der Waals surface area contributed by atoms with Gasteiger partial charge in [0.2, 0.25) is 5.91 Å². The normalized spacial score (nSPS) is 17.0. The first-order chi connectivity index (χ1) is 11.3. The molecular weight excluding hydrogens is 415 g/mol. The molecule has 3 rings (SSSR count). The summed E-state index contributed by atoms with van der Waals surface area (Å²) in [6, 6.07) is 8.54. The third kappa shape index (κ3) is 4.40. The number of likely N-dealkylation sites (tertiary alicyclic amines) is 1. The lowest BCUT2D eigenvalue weighted by atomic mass is 10.2. The Kier molecular flexibility index (Phi) is 7.33. The maximum Gasteiger partial charge on any atom is 0.222 e. The lowest BCUT2D eigenvalue weighted by Crippen LogP contribution is -2.40. The van der Waals surface area contributed by atoms with Crippen LogP contribution in [0.25, 0.3) is 0 Å². The minimum Gasteiger partial charge on any atom is -0.356 e. The lowest BCUT2D eigenvalue weighted by Gasteiger charge is -2.22. The number of carbonyl (C=O) groups is 1. The minimum absolute atomic E-state index is 0. The number of anilines is 1. The molecule has 1 fully saturated rings. The second kappa shape index (κ2) is 9.25. The van der Waals surface area contributed by atoms with Crippen molar-refractivity contribution in [1.82, 2.24) is 10.2 Å². The van der Waals surface area contributed by atoms with Crippen molar-refractivity contribution in [1.29, 1.82) is 0 Å². The van der Waals surface area contributed by atoms with E-state index >= 15 is 0 Å². The molecule has 0 aromatic heterocycles. The first-order valence-corrected chi connectivity index (χ1v) is 8.71. The SMILES string of the molecule is CCNC(=NCCCN1CCCC1=O)N1CCc2ccccc21.I. The number of nitrogens with one attached hydrogen (secondary N) is 1. The molecule has 24 heavy (non-hydrogen) atoms. The van der Waals surface area contributed by atoms with Crippen LogP contribution in [-0.4, -0.2) is 49.5 Å². The quantitative estimate of drug-likeness (QED) is 0.330. The third-order valence-corrected chi connectivity index (χ3v) is 4.50. The van der Waals surface area contributed by atoms with Crippen LogP contribution in [0.2, 0.25) is 0 Å². The molecule has 1 aromatic carbocycles. The fourth-order valence-corrected chi connectivity index (χ4v) is 3.34. The first kappa shape index (κ1) is 19.0. The van der Waals surface area contributed by atoms with Gasteiger partial charge in [-0.1, -0.05) is 18.2 Å². The summed E-state index contributed by atoms with van der Waals surface area (Å²) < 4.78 is 0. The van der Waals surface area contributed by atoms with Gasteiger partial charge in [-0.15, -0.1) is 24.0 Å². The van der Waals surface area contributed by atoms with E-state index in [2.05, 4.69) is 41.4 Å². The van der Waals surface area contributed by atoms with Crippen LogP contribution in [0.15, 0.2) is 29.3 Å². The number of hydrogen-bond donors (Lipinski definition) is 1.